The maximum absolute atomic E-state index is 9.53. The minimum Gasteiger partial charge on any atom is -0.389 e. The molecular weight excluding hydrogens is 278 g/mol. The third-order valence-corrected chi connectivity index (χ3v) is 3.27. The normalized spacial score (nSPS) is 12.3. The fourth-order valence-corrected chi connectivity index (χ4v) is 2.38. The molecule has 0 aliphatic carbocycles. The quantitative estimate of drug-likeness (QED) is 0.833. The van der Waals surface area contributed by atoms with Crippen molar-refractivity contribution in [2.75, 3.05) is 18.0 Å². The van der Waals surface area contributed by atoms with E-state index in [9.17, 15) is 5.11 Å². The maximum atomic E-state index is 9.53. The van der Waals surface area contributed by atoms with E-state index in [1.165, 1.54) is 0 Å². The molecular formula is C14H20BrNO. The highest BCUT2D eigenvalue weighted by molar-refractivity contribution is 9.10. The number of aliphatic hydroxyl groups excluding tert-OH is 1. The summed E-state index contributed by atoms with van der Waals surface area (Å²) >= 11 is 3.56. The Hall–Kier alpha value is -0.800. The largest absolute Gasteiger partial charge is 0.389 e. The number of hydrogen-bond donors (Lipinski definition) is 1. The molecule has 0 amide bonds. The van der Waals surface area contributed by atoms with Crippen molar-refractivity contribution >= 4 is 21.6 Å². The Labute approximate surface area is 112 Å². The first-order valence-electron chi connectivity index (χ1n) is 5.82. The fraction of sp³-hybridized carbons (Fsp3) is 0.429. The van der Waals surface area contributed by atoms with E-state index in [0.717, 1.165) is 34.4 Å². The van der Waals surface area contributed by atoms with Gasteiger partial charge in [0.2, 0.25) is 0 Å². The van der Waals surface area contributed by atoms with E-state index in [0.29, 0.717) is 0 Å². The summed E-state index contributed by atoms with van der Waals surface area (Å²) in [6.07, 6.45) is -0.434. The SMILES string of the molecule is C=C(C)CN(CC)c1ccc(C(C)O)cc1Br. The number of halogens is 1. The number of benzene rings is 1. The predicted molar refractivity (Wildman–Crippen MR) is 77.5 cm³/mol. The van der Waals surface area contributed by atoms with Gasteiger partial charge in [-0.25, -0.2) is 0 Å². The molecule has 0 aliphatic rings. The lowest BCUT2D eigenvalue weighted by molar-refractivity contribution is 0.199. The second-order valence-corrected chi connectivity index (χ2v) is 5.21. The predicted octanol–water partition coefficient (Wildman–Crippen LogP) is 3.90. The number of nitrogens with zero attached hydrogens (tertiary/aromatic N) is 1. The molecule has 0 bridgehead atoms. The van der Waals surface area contributed by atoms with E-state index in [2.05, 4.69) is 34.3 Å². The molecule has 1 N–H and O–H groups in total. The Morgan fingerprint density at radius 3 is 2.59 bits per heavy atom. The van der Waals surface area contributed by atoms with Crippen LogP contribution in [0.5, 0.6) is 0 Å². The number of hydrogen-bond acceptors (Lipinski definition) is 2. The van der Waals surface area contributed by atoms with Crippen molar-refractivity contribution < 1.29 is 5.11 Å². The monoisotopic (exact) mass is 297 g/mol. The molecule has 0 radical (unpaired) electrons. The average Bonchev–Trinajstić information content (AvgIpc) is 2.25. The lowest BCUT2D eigenvalue weighted by Gasteiger charge is -2.25. The van der Waals surface area contributed by atoms with Crippen LogP contribution in [-0.4, -0.2) is 18.2 Å². The molecule has 2 nitrogen and oxygen atoms in total. The Morgan fingerprint density at radius 2 is 2.18 bits per heavy atom. The molecule has 0 saturated carbocycles. The van der Waals surface area contributed by atoms with Crippen LogP contribution in [0.4, 0.5) is 5.69 Å². The van der Waals surface area contributed by atoms with Gasteiger partial charge in [0.05, 0.1) is 11.8 Å². The summed E-state index contributed by atoms with van der Waals surface area (Å²) < 4.78 is 1.01. The van der Waals surface area contributed by atoms with E-state index in [1.807, 2.05) is 25.1 Å². The Bertz CT molecular complexity index is 401. The van der Waals surface area contributed by atoms with Crippen molar-refractivity contribution in [3.8, 4) is 0 Å². The van der Waals surface area contributed by atoms with Crippen LogP contribution in [0.15, 0.2) is 34.8 Å². The molecule has 1 atom stereocenters. The highest BCUT2D eigenvalue weighted by Gasteiger charge is 2.10. The molecule has 0 saturated heterocycles. The average molecular weight is 298 g/mol. The number of rotatable bonds is 5. The van der Waals surface area contributed by atoms with E-state index < -0.39 is 6.10 Å². The van der Waals surface area contributed by atoms with Gasteiger partial charge < -0.3 is 10.0 Å². The van der Waals surface area contributed by atoms with Gasteiger partial charge in [-0.15, -0.1) is 0 Å². The molecule has 0 aliphatic heterocycles. The summed E-state index contributed by atoms with van der Waals surface area (Å²) in [5.41, 5.74) is 3.20. The first-order chi connectivity index (χ1) is 7.95. The van der Waals surface area contributed by atoms with E-state index in [4.69, 9.17) is 0 Å². The molecule has 3 heteroatoms. The number of anilines is 1. The molecule has 1 unspecified atom stereocenters. The summed E-state index contributed by atoms with van der Waals surface area (Å²) in [6, 6.07) is 5.98. The van der Waals surface area contributed by atoms with Crippen LogP contribution in [0.2, 0.25) is 0 Å². The lowest BCUT2D eigenvalue weighted by atomic mass is 10.1. The summed E-state index contributed by atoms with van der Waals surface area (Å²) in [6.45, 7) is 11.6. The minimum atomic E-state index is -0.434. The van der Waals surface area contributed by atoms with Crippen LogP contribution in [0.1, 0.15) is 32.4 Å². The highest BCUT2D eigenvalue weighted by Crippen LogP contribution is 2.29. The van der Waals surface area contributed by atoms with Crippen LogP contribution >= 0.6 is 15.9 Å². The molecule has 94 valence electrons. The molecule has 1 aromatic rings. The second-order valence-electron chi connectivity index (χ2n) is 4.36. The fourth-order valence-electron chi connectivity index (χ4n) is 1.73. The molecule has 17 heavy (non-hydrogen) atoms. The van der Waals surface area contributed by atoms with Crippen molar-refractivity contribution in [2.45, 2.75) is 26.9 Å². The van der Waals surface area contributed by atoms with Gasteiger partial charge in [-0.3, -0.25) is 0 Å². The first-order valence-corrected chi connectivity index (χ1v) is 6.61. The molecule has 1 rings (SSSR count). The van der Waals surface area contributed by atoms with Crippen LogP contribution in [0.3, 0.4) is 0 Å². The van der Waals surface area contributed by atoms with Gasteiger partial charge >= 0.3 is 0 Å². The number of aliphatic hydroxyl groups is 1. The van der Waals surface area contributed by atoms with Crippen LogP contribution < -0.4 is 4.90 Å². The van der Waals surface area contributed by atoms with Crippen molar-refractivity contribution in [2.24, 2.45) is 0 Å². The first kappa shape index (κ1) is 14.3. The smallest absolute Gasteiger partial charge is 0.0762 e. The summed E-state index contributed by atoms with van der Waals surface area (Å²) in [5.74, 6) is 0. The van der Waals surface area contributed by atoms with E-state index in [-0.39, 0.29) is 0 Å². The standard InChI is InChI=1S/C14H20BrNO/c1-5-16(9-10(2)3)14-7-6-12(11(4)17)8-13(14)15/h6-8,11,17H,2,5,9H2,1,3-4H3. The van der Waals surface area contributed by atoms with Crippen LogP contribution in [0.25, 0.3) is 0 Å². The Kier molecular flexibility index (Phi) is 5.22. The van der Waals surface area contributed by atoms with Crippen molar-refractivity contribution in [1.82, 2.24) is 0 Å². The molecule has 1 aromatic carbocycles. The van der Waals surface area contributed by atoms with Gasteiger partial charge in [-0.1, -0.05) is 18.2 Å². The Morgan fingerprint density at radius 1 is 1.53 bits per heavy atom. The molecule has 0 aromatic heterocycles. The second kappa shape index (κ2) is 6.22. The van der Waals surface area contributed by atoms with Gasteiger partial charge in [0, 0.05) is 17.6 Å². The van der Waals surface area contributed by atoms with Gasteiger partial charge in [-0.05, 0) is 54.4 Å². The van der Waals surface area contributed by atoms with Crippen LogP contribution in [0, 0.1) is 0 Å². The Balaban J connectivity index is 3.00. The summed E-state index contributed by atoms with van der Waals surface area (Å²) in [7, 11) is 0. The van der Waals surface area contributed by atoms with Gasteiger partial charge in [0.25, 0.3) is 0 Å². The van der Waals surface area contributed by atoms with Gasteiger partial charge in [0.15, 0.2) is 0 Å². The molecule has 0 heterocycles. The highest BCUT2D eigenvalue weighted by atomic mass is 79.9. The van der Waals surface area contributed by atoms with Crippen molar-refractivity contribution in [3.63, 3.8) is 0 Å². The maximum Gasteiger partial charge on any atom is 0.0762 e. The number of likely N-dealkylation sites (N-methyl/N-ethyl adjacent to an activating group) is 1. The zero-order valence-electron chi connectivity index (χ0n) is 10.7. The summed E-state index contributed by atoms with van der Waals surface area (Å²) in [4.78, 5) is 2.25. The van der Waals surface area contributed by atoms with Crippen molar-refractivity contribution in [3.05, 3.63) is 40.4 Å². The van der Waals surface area contributed by atoms with E-state index >= 15 is 0 Å². The minimum absolute atomic E-state index is 0.434. The zero-order chi connectivity index (χ0) is 13.0. The third-order valence-electron chi connectivity index (χ3n) is 2.64. The third kappa shape index (κ3) is 3.86. The molecule has 0 spiro atoms. The zero-order valence-corrected chi connectivity index (χ0v) is 12.3. The van der Waals surface area contributed by atoms with Gasteiger partial charge in [-0.2, -0.15) is 0 Å². The summed E-state index contributed by atoms with van der Waals surface area (Å²) in [5, 5.41) is 9.53. The van der Waals surface area contributed by atoms with Crippen molar-refractivity contribution in [1.29, 1.82) is 0 Å². The molecule has 0 fully saturated rings. The van der Waals surface area contributed by atoms with Crippen LogP contribution in [-0.2, 0) is 0 Å². The lowest BCUT2D eigenvalue weighted by Crippen LogP contribution is -2.24. The van der Waals surface area contributed by atoms with E-state index in [1.54, 1.807) is 6.92 Å². The topological polar surface area (TPSA) is 23.5 Å². The van der Waals surface area contributed by atoms with Gasteiger partial charge in [0.1, 0.15) is 0 Å².